The number of ether oxygens (including phenoxy) is 2. The summed E-state index contributed by atoms with van der Waals surface area (Å²) in [4.78, 5) is 38.4. The fourth-order valence-corrected chi connectivity index (χ4v) is 2.43. The highest BCUT2D eigenvalue weighted by Crippen LogP contribution is 2.27. The van der Waals surface area contributed by atoms with E-state index in [0.29, 0.717) is 11.3 Å². The molecule has 0 bridgehead atoms. The molecule has 0 unspecified atom stereocenters. The largest absolute Gasteiger partial charge is 0.497 e. The smallest absolute Gasteiger partial charge is 0.408 e. The number of methoxy groups -OCH3 is 1. The predicted molar refractivity (Wildman–Crippen MR) is 98.0 cm³/mol. The van der Waals surface area contributed by atoms with E-state index in [9.17, 15) is 14.4 Å². The van der Waals surface area contributed by atoms with Crippen molar-refractivity contribution in [1.82, 2.24) is 10.2 Å². The lowest BCUT2D eigenvalue weighted by atomic mass is 9.89. The van der Waals surface area contributed by atoms with Gasteiger partial charge in [0.15, 0.2) is 0 Å². The average molecular weight is 364 g/mol. The first-order valence-electron chi connectivity index (χ1n) is 8.31. The summed E-state index contributed by atoms with van der Waals surface area (Å²) in [5.41, 5.74) is -0.0988. The van der Waals surface area contributed by atoms with E-state index in [1.807, 2.05) is 0 Å². The maximum Gasteiger partial charge on any atom is 0.408 e. The van der Waals surface area contributed by atoms with Crippen LogP contribution >= 0.6 is 0 Å². The van der Waals surface area contributed by atoms with Gasteiger partial charge in [-0.2, -0.15) is 0 Å². The molecule has 0 fully saturated rings. The minimum atomic E-state index is -1.06. The van der Waals surface area contributed by atoms with Crippen LogP contribution in [-0.2, 0) is 14.3 Å². The molecular formula is C19H28N2O5. The monoisotopic (exact) mass is 364 g/mol. The quantitative estimate of drug-likeness (QED) is 0.784. The average Bonchev–Trinajstić information content (AvgIpc) is 2.52. The van der Waals surface area contributed by atoms with Crippen LogP contribution in [0.2, 0.25) is 0 Å². The van der Waals surface area contributed by atoms with E-state index < -0.39 is 29.6 Å². The molecule has 0 spiro atoms. The van der Waals surface area contributed by atoms with E-state index in [1.165, 1.54) is 11.8 Å². The molecule has 0 aliphatic rings. The summed E-state index contributed by atoms with van der Waals surface area (Å²) in [6.07, 6.45) is -0.698. The molecule has 1 aromatic carbocycles. The van der Waals surface area contributed by atoms with Gasteiger partial charge in [-0.05, 0) is 45.4 Å². The van der Waals surface area contributed by atoms with Gasteiger partial charge in [-0.1, -0.05) is 12.1 Å². The van der Waals surface area contributed by atoms with Gasteiger partial charge in [-0.3, -0.25) is 9.59 Å². The maximum atomic E-state index is 12.6. The summed E-state index contributed by atoms with van der Waals surface area (Å²) in [5, 5.41) is 2.67. The SMILES string of the molecule is COc1ccc([C@@H](NC(=O)OC(C)(C)C)[C@H](C(C)=O)C(=O)N(C)C)cc1. The Kier molecular flexibility index (Phi) is 7.18. The number of alkyl carbamates (subject to hydrolysis) is 1. The normalized spacial score (nSPS) is 13.3. The van der Waals surface area contributed by atoms with Gasteiger partial charge in [0.05, 0.1) is 13.2 Å². The number of Topliss-reactive ketones (excluding diaryl/α,β-unsaturated/α-hetero) is 1. The van der Waals surface area contributed by atoms with Crippen molar-refractivity contribution in [2.24, 2.45) is 5.92 Å². The molecule has 0 saturated carbocycles. The number of ketones is 1. The number of rotatable bonds is 6. The van der Waals surface area contributed by atoms with E-state index in [4.69, 9.17) is 9.47 Å². The fourth-order valence-electron chi connectivity index (χ4n) is 2.43. The summed E-state index contributed by atoms with van der Waals surface area (Å²) >= 11 is 0. The van der Waals surface area contributed by atoms with E-state index in [2.05, 4.69) is 5.32 Å². The van der Waals surface area contributed by atoms with Crippen LogP contribution in [0.15, 0.2) is 24.3 Å². The molecule has 1 rings (SSSR count). The number of carbonyl (C=O) groups excluding carboxylic acids is 3. The van der Waals surface area contributed by atoms with Crippen molar-refractivity contribution in [2.75, 3.05) is 21.2 Å². The summed E-state index contributed by atoms with van der Waals surface area (Å²) in [7, 11) is 4.67. The summed E-state index contributed by atoms with van der Waals surface area (Å²) < 4.78 is 10.4. The number of carbonyl (C=O) groups is 3. The molecular weight excluding hydrogens is 336 g/mol. The zero-order chi connectivity index (χ0) is 20.1. The van der Waals surface area contributed by atoms with Crippen LogP contribution in [0, 0.1) is 5.92 Å². The van der Waals surface area contributed by atoms with Gasteiger partial charge in [-0.15, -0.1) is 0 Å². The van der Waals surface area contributed by atoms with Crippen LogP contribution in [0.3, 0.4) is 0 Å². The van der Waals surface area contributed by atoms with Gasteiger partial charge in [-0.25, -0.2) is 4.79 Å². The van der Waals surface area contributed by atoms with Crippen LogP contribution in [0.1, 0.15) is 39.3 Å². The highest BCUT2D eigenvalue weighted by atomic mass is 16.6. The first-order chi connectivity index (χ1) is 12.0. The maximum absolute atomic E-state index is 12.6. The number of nitrogens with zero attached hydrogens (tertiary/aromatic N) is 1. The molecule has 2 amide bonds. The first kappa shape index (κ1) is 21.5. The third-order valence-electron chi connectivity index (χ3n) is 3.63. The second-order valence-electron chi connectivity index (χ2n) is 7.22. The zero-order valence-electron chi connectivity index (χ0n) is 16.5. The first-order valence-corrected chi connectivity index (χ1v) is 8.31. The van der Waals surface area contributed by atoms with E-state index in [-0.39, 0.29) is 5.78 Å². The summed E-state index contributed by atoms with van der Waals surface area (Å²) in [6, 6.07) is 5.97. The minimum Gasteiger partial charge on any atom is -0.497 e. The standard InChI is InChI=1S/C19H28N2O5/c1-12(22)15(17(23)21(5)6)16(20-18(24)26-19(2,3)4)13-8-10-14(25-7)11-9-13/h8-11,15-16H,1-7H3,(H,20,24)/t15-,16+/m0/s1. The molecule has 0 aliphatic heterocycles. The molecule has 0 radical (unpaired) electrons. The Morgan fingerprint density at radius 2 is 1.62 bits per heavy atom. The molecule has 0 saturated heterocycles. The molecule has 2 atom stereocenters. The molecule has 0 heterocycles. The third-order valence-corrected chi connectivity index (χ3v) is 3.63. The van der Waals surface area contributed by atoms with Crippen molar-refractivity contribution >= 4 is 17.8 Å². The Morgan fingerprint density at radius 1 is 1.08 bits per heavy atom. The lowest BCUT2D eigenvalue weighted by Crippen LogP contribution is -2.45. The Morgan fingerprint density at radius 3 is 2.00 bits per heavy atom. The third kappa shape index (κ3) is 6.06. The lowest BCUT2D eigenvalue weighted by Gasteiger charge is -2.29. The minimum absolute atomic E-state index is 0.347. The zero-order valence-corrected chi connectivity index (χ0v) is 16.5. The molecule has 1 aromatic rings. The van der Waals surface area contributed by atoms with Crippen molar-refractivity contribution in [2.45, 2.75) is 39.3 Å². The van der Waals surface area contributed by atoms with Crippen molar-refractivity contribution < 1.29 is 23.9 Å². The summed E-state index contributed by atoms with van der Waals surface area (Å²) in [5.74, 6) is -1.18. The number of amides is 2. The summed E-state index contributed by atoms with van der Waals surface area (Å²) in [6.45, 7) is 6.55. The van der Waals surface area contributed by atoms with Crippen LogP contribution in [0.25, 0.3) is 0 Å². The van der Waals surface area contributed by atoms with Gasteiger partial charge in [0.25, 0.3) is 0 Å². The van der Waals surface area contributed by atoms with Gasteiger partial charge < -0.3 is 19.7 Å². The van der Waals surface area contributed by atoms with Crippen LogP contribution in [0.5, 0.6) is 5.75 Å². The number of hydrogen-bond acceptors (Lipinski definition) is 5. The number of benzene rings is 1. The van der Waals surface area contributed by atoms with E-state index >= 15 is 0 Å². The number of nitrogens with one attached hydrogen (secondary N) is 1. The molecule has 26 heavy (non-hydrogen) atoms. The lowest BCUT2D eigenvalue weighted by molar-refractivity contribution is -0.140. The van der Waals surface area contributed by atoms with Gasteiger partial charge in [0, 0.05) is 14.1 Å². The van der Waals surface area contributed by atoms with Crippen LogP contribution in [-0.4, -0.2) is 49.5 Å². The van der Waals surface area contributed by atoms with Crippen molar-refractivity contribution in [3.05, 3.63) is 29.8 Å². The van der Waals surface area contributed by atoms with Crippen LogP contribution in [0.4, 0.5) is 4.79 Å². The van der Waals surface area contributed by atoms with Gasteiger partial charge in [0.1, 0.15) is 23.1 Å². The van der Waals surface area contributed by atoms with Gasteiger partial charge >= 0.3 is 6.09 Å². The Hall–Kier alpha value is -2.57. The Bertz CT molecular complexity index is 647. The van der Waals surface area contributed by atoms with Crippen molar-refractivity contribution in [3.8, 4) is 5.75 Å². The van der Waals surface area contributed by atoms with E-state index in [0.717, 1.165) is 0 Å². The fraction of sp³-hybridized carbons (Fsp3) is 0.526. The molecule has 7 heteroatoms. The molecule has 7 nitrogen and oxygen atoms in total. The number of hydrogen-bond donors (Lipinski definition) is 1. The van der Waals surface area contributed by atoms with Crippen molar-refractivity contribution in [1.29, 1.82) is 0 Å². The van der Waals surface area contributed by atoms with Gasteiger partial charge in [0.2, 0.25) is 5.91 Å². The topological polar surface area (TPSA) is 84.9 Å². The Labute approximate surface area is 154 Å². The van der Waals surface area contributed by atoms with Crippen molar-refractivity contribution in [3.63, 3.8) is 0 Å². The second kappa shape index (κ2) is 8.69. The highest BCUT2D eigenvalue weighted by Gasteiger charge is 2.36. The Balaban J connectivity index is 3.27. The predicted octanol–water partition coefficient (Wildman–Crippen LogP) is 2.55. The van der Waals surface area contributed by atoms with Crippen LogP contribution < -0.4 is 10.1 Å². The second-order valence-corrected chi connectivity index (χ2v) is 7.22. The molecule has 0 aliphatic carbocycles. The molecule has 0 aromatic heterocycles. The highest BCUT2D eigenvalue weighted by molar-refractivity contribution is 6.01. The molecule has 144 valence electrons. The molecule has 1 N–H and O–H groups in total. The van der Waals surface area contributed by atoms with E-state index in [1.54, 1.807) is 66.2 Å².